The number of carbonyl (C=O) groups is 1. The van der Waals surface area contributed by atoms with Crippen LogP contribution in [-0.2, 0) is 12.7 Å². The van der Waals surface area contributed by atoms with Crippen molar-refractivity contribution in [1.82, 2.24) is 4.57 Å². The predicted molar refractivity (Wildman–Crippen MR) is 107 cm³/mol. The van der Waals surface area contributed by atoms with Crippen LogP contribution in [0.4, 0.5) is 13.2 Å². The lowest BCUT2D eigenvalue weighted by molar-refractivity contribution is -0.137. The molecule has 1 heterocycles. The summed E-state index contributed by atoms with van der Waals surface area (Å²) in [4.78, 5) is 11.1. The molecule has 0 aliphatic carbocycles. The van der Waals surface area contributed by atoms with Gasteiger partial charge in [0.25, 0.3) is 0 Å². The minimum Gasteiger partial charge on any atom is -0.478 e. The number of aromatic nitrogens is 1. The van der Waals surface area contributed by atoms with Crippen LogP contribution >= 0.6 is 11.6 Å². The predicted octanol–water partition coefficient (Wildman–Crippen LogP) is 5.61. The van der Waals surface area contributed by atoms with Gasteiger partial charge < -0.3 is 15.4 Å². The van der Waals surface area contributed by atoms with Crippen molar-refractivity contribution in [3.05, 3.63) is 87.7 Å². The molecule has 0 aliphatic rings. The van der Waals surface area contributed by atoms with E-state index in [0.29, 0.717) is 12.2 Å². The summed E-state index contributed by atoms with van der Waals surface area (Å²) in [5.41, 5.74) is 6.32. The van der Waals surface area contributed by atoms with Crippen molar-refractivity contribution < 1.29 is 23.1 Å². The second-order valence-corrected chi connectivity index (χ2v) is 6.71. The molecule has 154 valence electrons. The number of aryl methyl sites for hydroxylation is 1. The highest BCUT2D eigenvalue weighted by Crippen LogP contribution is 2.35. The fourth-order valence-corrected chi connectivity index (χ4v) is 3.00. The zero-order valence-electron chi connectivity index (χ0n) is 15.8. The Hall–Kier alpha value is -2.77. The number of benzene rings is 2. The Kier molecular flexibility index (Phi) is 7.11. The summed E-state index contributed by atoms with van der Waals surface area (Å²) in [5, 5.41) is 9.80. The topological polar surface area (TPSA) is 68.2 Å². The third kappa shape index (κ3) is 5.40. The van der Waals surface area contributed by atoms with Crippen molar-refractivity contribution in [2.24, 2.45) is 5.73 Å². The first-order chi connectivity index (χ1) is 13.6. The fraction of sp³-hybridized carbons (Fsp3) is 0.190. The Morgan fingerprint density at radius 1 is 1.10 bits per heavy atom. The molecule has 3 rings (SSSR count). The normalized spacial score (nSPS) is 11.0. The number of hydrogen-bond acceptors (Lipinski definition) is 2. The van der Waals surface area contributed by atoms with Crippen molar-refractivity contribution in [3.63, 3.8) is 0 Å². The van der Waals surface area contributed by atoms with E-state index in [-0.39, 0.29) is 16.9 Å². The molecular weight excluding hydrogens is 405 g/mol. The molecule has 0 fully saturated rings. The highest BCUT2D eigenvalue weighted by molar-refractivity contribution is 6.30. The number of halogens is 4. The van der Waals surface area contributed by atoms with Gasteiger partial charge in [-0.1, -0.05) is 35.9 Å². The first-order valence-corrected chi connectivity index (χ1v) is 8.97. The molecule has 0 bridgehead atoms. The van der Waals surface area contributed by atoms with Gasteiger partial charge in [-0.25, -0.2) is 4.79 Å². The average Bonchev–Trinajstić information content (AvgIpc) is 2.96. The molecule has 0 saturated heterocycles. The molecular formula is C21H20ClF3N2O2. The summed E-state index contributed by atoms with van der Waals surface area (Å²) >= 11 is 5.63. The van der Waals surface area contributed by atoms with Crippen LogP contribution in [0.5, 0.6) is 0 Å². The Bertz CT molecular complexity index is 996. The number of rotatable bonds is 3. The number of alkyl halides is 3. The Morgan fingerprint density at radius 2 is 1.69 bits per heavy atom. The van der Waals surface area contributed by atoms with E-state index in [4.69, 9.17) is 22.4 Å². The zero-order valence-corrected chi connectivity index (χ0v) is 16.6. The zero-order chi connectivity index (χ0) is 21.8. The van der Waals surface area contributed by atoms with E-state index in [1.54, 1.807) is 6.92 Å². The largest absolute Gasteiger partial charge is 0.478 e. The molecule has 29 heavy (non-hydrogen) atoms. The van der Waals surface area contributed by atoms with Crippen molar-refractivity contribution in [3.8, 4) is 5.69 Å². The molecule has 0 radical (unpaired) electrons. The highest BCUT2D eigenvalue weighted by atomic mass is 35.5. The first-order valence-electron chi connectivity index (χ1n) is 8.59. The van der Waals surface area contributed by atoms with Gasteiger partial charge in [0.2, 0.25) is 0 Å². The number of carboxylic acid groups (broad SMARTS) is 1. The molecule has 0 amide bonds. The maximum Gasteiger partial charge on any atom is 0.418 e. The molecule has 0 aliphatic heterocycles. The van der Waals surface area contributed by atoms with Gasteiger partial charge in [0.05, 0.1) is 16.8 Å². The maximum atomic E-state index is 13.0. The SMILES string of the molecule is Cc1cc(C(=O)O)c(C)n1-c1ccccc1C(F)(F)F.NCc1ccc(Cl)cc1. The molecule has 8 heteroatoms. The summed E-state index contributed by atoms with van der Waals surface area (Å²) in [6, 6.07) is 14.0. The van der Waals surface area contributed by atoms with E-state index in [1.807, 2.05) is 24.3 Å². The van der Waals surface area contributed by atoms with Gasteiger partial charge in [0.1, 0.15) is 0 Å². The molecule has 0 atom stereocenters. The van der Waals surface area contributed by atoms with Gasteiger partial charge >= 0.3 is 12.1 Å². The number of aromatic carboxylic acids is 1. The molecule has 3 aromatic rings. The minimum atomic E-state index is -4.50. The number of nitrogens with zero attached hydrogens (tertiary/aromatic N) is 1. The standard InChI is InChI=1S/C14H12F3NO2.C7H8ClN/c1-8-7-10(13(19)20)9(2)18(8)12-6-4-3-5-11(12)14(15,16)17;8-7-3-1-6(5-9)2-4-7/h3-7H,1-2H3,(H,19,20);1-4H,5,9H2. The van der Waals surface area contributed by atoms with Crippen LogP contribution in [0.3, 0.4) is 0 Å². The van der Waals surface area contributed by atoms with Crippen LogP contribution in [0, 0.1) is 13.8 Å². The highest BCUT2D eigenvalue weighted by Gasteiger charge is 2.34. The third-order valence-electron chi connectivity index (χ3n) is 4.26. The summed E-state index contributed by atoms with van der Waals surface area (Å²) in [6.45, 7) is 3.65. The quantitative estimate of drug-likeness (QED) is 0.574. The van der Waals surface area contributed by atoms with Crippen molar-refractivity contribution in [2.75, 3.05) is 0 Å². The van der Waals surface area contributed by atoms with Gasteiger partial charge in [0.15, 0.2) is 0 Å². The fourth-order valence-electron chi connectivity index (χ4n) is 2.88. The van der Waals surface area contributed by atoms with Gasteiger partial charge in [-0.2, -0.15) is 13.2 Å². The Balaban J connectivity index is 0.000000278. The van der Waals surface area contributed by atoms with E-state index < -0.39 is 17.7 Å². The monoisotopic (exact) mass is 424 g/mol. The van der Waals surface area contributed by atoms with E-state index in [0.717, 1.165) is 16.7 Å². The lowest BCUT2D eigenvalue weighted by Gasteiger charge is -2.16. The van der Waals surface area contributed by atoms with E-state index in [9.17, 15) is 18.0 Å². The number of hydrogen-bond donors (Lipinski definition) is 2. The van der Waals surface area contributed by atoms with Gasteiger partial charge in [-0.3, -0.25) is 0 Å². The van der Waals surface area contributed by atoms with Crippen molar-refractivity contribution in [2.45, 2.75) is 26.6 Å². The van der Waals surface area contributed by atoms with Gasteiger partial charge in [-0.15, -0.1) is 0 Å². The smallest absolute Gasteiger partial charge is 0.418 e. The van der Waals surface area contributed by atoms with E-state index in [2.05, 4.69) is 0 Å². The summed E-state index contributed by atoms with van der Waals surface area (Å²) in [7, 11) is 0. The first kappa shape index (κ1) is 22.5. The molecule has 1 aromatic heterocycles. The van der Waals surface area contributed by atoms with Gasteiger partial charge in [-0.05, 0) is 49.7 Å². The molecule has 0 saturated carbocycles. The van der Waals surface area contributed by atoms with Crippen LogP contribution in [0.2, 0.25) is 5.02 Å². The van der Waals surface area contributed by atoms with Gasteiger partial charge in [0, 0.05) is 23.0 Å². The van der Waals surface area contributed by atoms with Crippen LogP contribution in [0.15, 0.2) is 54.6 Å². The average molecular weight is 425 g/mol. The lowest BCUT2D eigenvalue weighted by atomic mass is 10.1. The van der Waals surface area contributed by atoms with E-state index in [1.165, 1.54) is 35.8 Å². The number of nitrogens with two attached hydrogens (primary N) is 1. The Morgan fingerprint density at radius 3 is 2.17 bits per heavy atom. The van der Waals surface area contributed by atoms with Crippen LogP contribution in [0.1, 0.15) is 32.9 Å². The molecule has 3 N–H and O–H groups in total. The Labute approximate surface area is 171 Å². The van der Waals surface area contributed by atoms with Crippen molar-refractivity contribution >= 4 is 17.6 Å². The second kappa shape index (κ2) is 9.15. The molecule has 4 nitrogen and oxygen atoms in total. The lowest BCUT2D eigenvalue weighted by Crippen LogP contribution is -2.12. The minimum absolute atomic E-state index is 0.000484. The summed E-state index contributed by atoms with van der Waals surface area (Å²) in [5.74, 6) is -1.16. The third-order valence-corrected chi connectivity index (χ3v) is 4.51. The number of para-hydroxylation sites is 1. The second-order valence-electron chi connectivity index (χ2n) is 6.27. The van der Waals surface area contributed by atoms with Crippen LogP contribution in [0.25, 0.3) is 5.69 Å². The summed E-state index contributed by atoms with van der Waals surface area (Å²) in [6.07, 6.45) is -4.50. The molecule has 2 aromatic carbocycles. The van der Waals surface area contributed by atoms with E-state index >= 15 is 0 Å². The molecule has 0 unspecified atom stereocenters. The van der Waals surface area contributed by atoms with Crippen molar-refractivity contribution in [1.29, 1.82) is 0 Å². The number of carboxylic acids is 1. The molecule has 0 spiro atoms. The van der Waals surface area contributed by atoms with Crippen LogP contribution < -0.4 is 5.73 Å². The van der Waals surface area contributed by atoms with Crippen LogP contribution in [-0.4, -0.2) is 15.6 Å². The summed E-state index contributed by atoms with van der Waals surface area (Å²) < 4.78 is 40.4. The maximum absolute atomic E-state index is 13.0.